The van der Waals surface area contributed by atoms with E-state index in [0.717, 1.165) is 17.9 Å². The first-order valence-electron chi connectivity index (χ1n) is 7.10. The fourth-order valence-electron chi connectivity index (χ4n) is 2.74. The largest absolute Gasteiger partial charge is 0.496 e. The first kappa shape index (κ1) is 15.1. The van der Waals surface area contributed by atoms with Crippen LogP contribution in [0.1, 0.15) is 22.2 Å². The second kappa shape index (κ2) is 6.54. The van der Waals surface area contributed by atoms with Gasteiger partial charge in [-0.1, -0.05) is 18.2 Å². The lowest BCUT2D eigenvalue weighted by Gasteiger charge is -2.36. The van der Waals surface area contributed by atoms with Crippen LogP contribution in [0.4, 0.5) is 0 Å². The van der Waals surface area contributed by atoms with Crippen LogP contribution in [0.3, 0.4) is 0 Å². The fourth-order valence-corrected chi connectivity index (χ4v) is 3.11. The van der Waals surface area contributed by atoms with Gasteiger partial charge in [-0.15, -0.1) is 0 Å². The molecule has 0 spiro atoms. The Morgan fingerprint density at radius 1 is 1.41 bits per heavy atom. The first-order chi connectivity index (χ1) is 10.7. The van der Waals surface area contributed by atoms with Crippen molar-refractivity contribution in [2.75, 3.05) is 26.7 Å². The topological polar surface area (TPSA) is 54.7 Å². The molecule has 0 aliphatic carbocycles. The molecule has 1 N–H and O–H groups in total. The highest BCUT2D eigenvalue weighted by Gasteiger charge is 2.32. The lowest BCUT2D eigenvalue weighted by atomic mass is 10.0. The standard InChI is InChI=1S/C16H17BrN2O3/c1-21-14-5-3-2-4-11(14)13-10-18-7-8-19(13)16(20)15-12(17)6-9-22-15/h2-6,9,13,18H,7-8,10H2,1H3. The summed E-state index contributed by atoms with van der Waals surface area (Å²) >= 11 is 3.36. The number of rotatable bonds is 3. The van der Waals surface area contributed by atoms with Crippen LogP contribution in [0.5, 0.6) is 5.75 Å². The Bertz CT molecular complexity index is 671. The van der Waals surface area contributed by atoms with Crippen molar-refractivity contribution in [3.63, 3.8) is 0 Å². The second-order valence-electron chi connectivity index (χ2n) is 5.06. The number of amides is 1. The van der Waals surface area contributed by atoms with Gasteiger partial charge in [0.25, 0.3) is 5.91 Å². The first-order valence-corrected chi connectivity index (χ1v) is 7.89. The highest BCUT2D eigenvalue weighted by atomic mass is 79.9. The summed E-state index contributed by atoms with van der Waals surface area (Å²) in [6, 6.07) is 9.43. The third-order valence-electron chi connectivity index (χ3n) is 3.81. The summed E-state index contributed by atoms with van der Waals surface area (Å²) < 4.78 is 11.4. The highest BCUT2D eigenvalue weighted by molar-refractivity contribution is 9.10. The zero-order chi connectivity index (χ0) is 15.5. The van der Waals surface area contributed by atoms with E-state index in [0.29, 0.717) is 23.3 Å². The van der Waals surface area contributed by atoms with Gasteiger partial charge < -0.3 is 19.4 Å². The summed E-state index contributed by atoms with van der Waals surface area (Å²) in [5.41, 5.74) is 0.994. The number of furan rings is 1. The lowest BCUT2D eigenvalue weighted by Crippen LogP contribution is -2.48. The minimum atomic E-state index is -0.116. The number of para-hydroxylation sites is 1. The smallest absolute Gasteiger partial charge is 0.291 e. The molecular formula is C16H17BrN2O3. The quantitative estimate of drug-likeness (QED) is 0.909. The van der Waals surface area contributed by atoms with Crippen LogP contribution in [-0.4, -0.2) is 37.6 Å². The van der Waals surface area contributed by atoms with Gasteiger partial charge in [0, 0.05) is 25.2 Å². The number of hydrogen-bond acceptors (Lipinski definition) is 4. The molecule has 22 heavy (non-hydrogen) atoms. The normalized spacial score (nSPS) is 18.3. The maximum absolute atomic E-state index is 12.8. The van der Waals surface area contributed by atoms with E-state index < -0.39 is 0 Å². The number of carbonyl (C=O) groups excluding carboxylic acids is 1. The van der Waals surface area contributed by atoms with E-state index in [9.17, 15) is 4.79 Å². The Morgan fingerprint density at radius 2 is 2.23 bits per heavy atom. The zero-order valence-electron chi connectivity index (χ0n) is 12.2. The molecule has 1 amide bonds. The molecule has 1 saturated heterocycles. The second-order valence-corrected chi connectivity index (χ2v) is 5.91. The summed E-state index contributed by atoms with van der Waals surface area (Å²) in [7, 11) is 1.64. The molecule has 1 aliphatic rings. The van der Waals surface area contributed by atoms with Gasteiger partial charge in [-0.2, -0.15) is 0 Å². The maximum Gasteiger partial charge on any atom is 0.291 e. The summed E-state index contributed by atoms with van der Waals surface area (Å²) in [5, 5.41) is 3.34. The molecule has 1 unspecified atom stereocenters. The van der Waals surface area contributed by atoms with E-state index in [2.05, 4.69) is 21.2 Å². The summed E-state index contributed by atoms with van der Waals surface area (Å²) in [4.78, 5) is 14.6. The van der Waals surface area contributed by atoms with E-state index in [-0.39, 0.29) is 11.9 Å². The van der Waals surface area contributed by atoms with Crippen molar-refractivity contribution >= 4 is 21.8 Å². The number of nitrogens with one attached hydrogen (secondary N) is 1. The summed E-state index contributed by atoms with van der Waals surface area (Å²) in [5.74, 6) is 1.00. The van der Waals surface area contributed by atoms with Gasteiger partial charge in [0.05, 0.1) is 23.9 Å². The molecule has 6 heteroatoms. The predicted molar refractivity (Wildman–Crippen MR) is 86.0 cm³/mol. The Labute approximate surface area is 137 Å². The molecule has 1 fully saturated rings. The number of piperazine rings is 1. The monoisotopic (exact) mass is 364 g/mol. The van der Waals surface area contributed by atoms with Crippen molar-refractivity contribution in [3.8, 4) is 5.75 Å². The molecule has 5 nitrogen and oxygen atoms in total. The van der Waals surface area contributed by atoms with Crippen molar-refractivity contribution < 1.29 is 13.9 Å². The lowest BCUT2D eigenvalue weighted by molar-refractivity contribution is 0.0597. The van der Waals surface area contributed by atoms with Crippen LogP contribution in [0.2, 0.25) is 0 Å². The summed E-state index contributed by atoms with van der Waals surface area (Å²) in [6.45, 7) is 2.06. The number of benzene rings is 1. The SMILES string of the molecule is COc1ccccc1C1CNCCN1C(=O)c1occc1Br. The molecule has 0 bridgehead atoms. The molecule has 2 aromatic rings. The van der Waals surface area contributed by atoms with Crippen LogP contribution < -0.4 is 10.1 Å². The van der Waals surface area contributed by atoms with Gasteiger partial charge in [-0.05, 0) is 28.1 Å². The minimum absolute atomic E-state index is 0.0885. The predicted octanol–water partition coefficient (Wildman–Crippen LogP) is 2.84. The number of ether oxygens (including phenoxy) is 1. The number of nitrogens with zero attached hydrogens (tertiary/aromatic N) is 1. The molecule has 3 rings (SSSR count). The highest BCUT2D eigenvalue weighted by Crippen LogP contribution is 2.32. The molecular weight excluding hydrogens is 348 g/mol. The van der Waals surface area contributed by atoms with E-state index in [1.54, 1.807) is 13.2 Å². The number of methoxy groups -OCH3 is 1. The number of hydrogen-bond donors (Lipinski definition) is 1. The van der Waals surface area contributed by atoms with Gasteiger partial charge in [-0.25, -0.2) is 0 Å². The third kappa shape index (κ3) is 2.76. The average molecular weight is 365 g/mol. The van der Waals surface area contributed by atoms with Crippen molar-refractivity contribution in [2.45, 2.75) is 6.04 Å². The molecule has 1 atom stereocenters. The fraction of sp³-hybridized carbons (Fsp3) is 0.312. The van der Waals surface area contributed by atoms with E-state index in [1.807, 2.05) is 29.2 Å². The van der Waals surface area contributed by atoms with Gasteiger partial charge in [-0.3, -0.25) is 4.79 Å². The van der Waals surface area contributed by atoms with Crippen LogP contribution in [-0.2, 0) is 0 Å². The molecule has 0 radical (unpaired) electrons. The van der Waals surface area contributed by atoms with E-state index in [4.69, 9.17) is 9.15 Å². The Balaban J connectivity index is 1.95. The van der Waals surface area contributed by atoms with Crippen molar-refractivity contribution in [1.82, 2.24) is 10.2 Å². The van der Waals surface area contributed by atoms with E-state index in [1.165, 1.54) is 6.26 Å². The molecule has 2 heterocycles. The molecule has 116 valence electrons. The minimum Gasteiger partial charge on any atom is -0.496 e. The molecule has 1 aromatic heterocycles. The van der Waals surface area contributed by atoms with Crippen molar-refractivity contribution in [2.24, 2.45) is 0 Å². The zero-order valence-corrected chi connectivity index (χ0v) is 13.8. The Hall–Kier alpha value is -1.79. The third-order valence-corrected chi connectivity index (χ3v) is 4.44. The van der Waals surface area contributed by atoms with Gasteiger partial charge in [0.1, 0.15) is 5.75 Å². The van der Waals surface area contributed by atoms with Gasteiger partial charge in [0.15, 0.2) is 0 Å². The maximum atomic E-state index is 12.8. The molecule has 1 aliphatic heterocycles. The van der Waals surface area contributed by atoms with Crippen LogP contribution in [0, 0.1) is 0 Å². The van der Waals surface area contributed by atoms with Crippen LogP contribution >= 0.6 is 15.9 Å². The van der Waals surface area contributed by atoms with Crippen LogP contribution in [0.15, 0.2) is 45.5 Å². The molecule has 1 aromatic carbocycles. The number of halogens is 1. The van der Waals surface area contributed by atoms with Crippen LogP contribution in [0.25, 0.3) is 0 Å². The van der Waals surface area contributed by atoms with Crippen molar-refractivity contribution in [3.05, 3.63) is 52.4 Å². The van der Waals surface area contributed by atoms with Gasteiger partial charge in [0.2, 0.25) is 5.76 Å². The van der Waals surface area contributed by atoms with Gasteiger partial charge >= 0.3 is 0 Å². The molecule has 0 saturated carbocycles. The Morgan fingerprint density at radius 3 is 2.95 bits per heavy atom. The van der Waals surface area contributed by atoms with E-state index >= 15 is 0 Å². The number of carbonyl (C=O) groups is 1. The Kier molecular flexibility index (Phi) is 4.49. The summed E-state index contributed by atoms with van der Waals surface area (Å²) in [6.07, 6.45) is 1.51. The van der Waals surface area contributed by atoms with Crippen molar-refractivity contribution in [1.29, 1.82) is 0 Å². The average Bonchev–Trinajstić information content (AvgIpc) is 3.00.